The number of nitrogens with zero attached hydrogens (tertiary/aromatic N) is 4. The molecule has 2 N–H and O–H groups in total. The summed E-state index contributed by atoms with van der Waals surface area (Å²) in [6, 6.07) is 76.2. The lowest BCUT2D eigenvalue weighted by atomic mass is 9.84. The van der Waals surface area contributed by atoms with Crippen molar-refractivity contribution in [2.75, 3.05) is 0 Å². The molecule has 9 aromatic carbocycles. The van der Waals surface area contributed by atoms with Crippen molar-refractivity contribution in [3.05, 3.63) is 252 Å². The number of fused-ring (bicyclic) bond motifs is 3. The Balaban J connectivity index is 1.01. The molecular formula is C56H40N6. The van der Waals surface area contributed by atoms with Crippen molar-refractivity contribution in [2.24, 2.45) is 20.0 Å². The SMILES string of the molecule is c1ccc(C2=NC(c3ccccc3)NC(c3ccc(-c4c(-c5ccc(C6=NC(c7ccccc7)NC(c7ccccc7)=N6)cc5)c5ccccc5c5ccccc45)cc3)=N2)cc1. The monoisotopic (exact) mass is 796 g/mol. The first-order chi connectivity index (χ1) is 30.7. The van der Waals surface area contributed by atoms with Gasteiger partial charge >= 0.3 is 0 Å². The van der Waals surface area contributed by atoms with E-state index >= 15 is 0 Å². The van der Waals surface area contributed by atoms with Gasteiger partial charge in [-0.25, -0.2) is 20.0 Å². The van der Waals surface area contributed by atoms with Crippen LogP contribution in [0.2, 0.25) is 0 Å². The number of aliphatic imine (C=N–C) groups is 4. The molecule has 0 amide bonds. The van der Waals surface area contributed by atoms with Gasteiger partial charge in [-0.15, -0.1) is 0 Å². The summed E-state index contributed by atoms with van der Waals surface area (Å²) in [4.78, 5) is 20.3. The molecule has 0 radical (unpaired) electrons. The van der Waals surface area contributed by atoms with E-state index in [1.165, 1.54) is 32.7 Å². The molecule has 2 unspecified atom stereocenters. The first-order valence-corrected chi connectivity index (χ1v) is 21.0. The molecule has 2 atom stereocenters. The summed E-state index contributed by atoms with van der Waals surface area (Å²) < 4.78 is 0. The molecule has 11 rings (SSSR count). The summed E-state index contributed by atoms with van der Waals surface area (Å²) in [6.45, 7) is 0. The maximum Gasteiger partial charge on any atom is 0.159 e. The fraction of sp³-hybridized carbons (Fsp3) is 0.0357. The standard InChI is InChI=1S/C56H40N6/c1-5-17-39(18-6-1)51-57-52(40-19-7-2-8-20-40)60-55(59-51)43-33-29-37(30-34-43)49-47-27-15-13-25-45(47)46-26-14-16-28-48(46)50(49)38-31-35-44(36-32-38)56-61-53(41-21-9-3-10-22-41)58-54(62-56)42-23-11-4-12-24-42/h1-36,51,53H,(H,57,59,60)(H,58,61,62). The minimum atomic E-state index is -0.270. The fourth-order valence-electron chi connectivity index (χ4n) is 8.57. The van der Waals surface area contributed by atoms with Crippen molar-refractivity contribution in [1.82, 2.24) is 10.6 Å². The van der Waals surface area contributed by atoms with Crippen LogP contribution in [0.3, 0.4) is 0 Å². The van der Waals surface area contributed by atoms with E-state index in [1.807, 2.05) is 72.8 Å². The molecule has 0 bridgehead atoms. The Kier molecular flexibility index (Phi) is 9.56. The second kappa shape index (κ2) is 16.1. The molecule has 0 fully saturated rings. The van der Waals surface area contributed by atoms with E-state index in [4.69, 9.17) is 20.0 Å². The molecule has 294 valence electrons. The minimum absolute atomic E-state index is 0.270. The van der Waals surface area contributed by atoms with E-state index in [2.05, 4.69) is 156 Å². The minimum Gasteiger partial charge on any atom is -0.344 e. The molecule has 62 heavy (non-hydrogen) atoms. The normalized spacial score (nSPS) is 16.1. The van der Waals surface area contributed by atoms with Crippen LogP contribution in [0.4, 0.5) is 0 Å². The van der Waals surface area contributed by atoms with Crippen molar-refractivity contribution < 1.29 is 0 Å². The van der Waals surface area contributed by atoms with Gasteiger partial charge < -0.3 is 10.6 Å². The third kappa shape index (κ3) is 7.03. The van der Waals surface area contributed by atoms with Crippen LogP contribution in [0.1, 0.15) is 45.7 Å². The van der Waals surface area contributed by atoms with Crippen LogP contribution in [-0.4, -0.2) is 23.3 Å². The van der Waals surface area contributed by atoms with Gasteiger partial charge in [-0.05, 0) is 54.9 Å². The molecule has 9 aromatic rings. The second-order valence-corrected chi connectivity index (χ2v) is 15.5. The molecular weight excluding hydrogens is 757 g/mol. The van der Waals surface area contributed by atoms with E-state index in [9.17, 15) is 0 Å². The summed E-state index contributed by atoms with van der Waals surface area (Å²) in [7, 11) is 0. The maximum absolute atomic E-state index is 5.14. The van der Waals surface area contributed by atoms with Crippen LogP contribution < -0.4 is 10.6 Å². The molecule has 0 aromatic heterocycles. The highest BCUT2D eigenvalue weighted by Crippen LogP contribution is 2.44. The summed E-state index contributed by atoms with van der Waals surface area (Å²) in [5.74, 6) is 2.98. The van der Waals surface area contributed by atoms with Gasteiger partial charge in [0.15, 0.2) is 11.7 Å². The fourth-order valence-corrected chi connectivity index (χ4v) is 8.57. The van der Waals surface area contributed by atoms with Gasteiger partial charge in [0, 0.05) is 22.3 Å². The topological polar surface area (TPSA) is 73.5 Å². The van der Waals surface area contributed by atoms with E-state index in [0.29, 0.717) is 11.7 Å². The highest BCUT2D eigenvalue weighted by Gasteiger charge is 2.24. The van der Waals surface area contributed by atoms with E-state index < -0.39 is 0 Å². The molecule has 2 aliphatic rings. The molecule has 0 saturated heterocycles. The van der Waals surface area contributed by atoms with Crippen molar-refractivity contribution in [2.45, 2.75) is 12.3 Å². The average Bonchev–Trinajstić information content (AvgIpc) is 3.37. The number of amidine groups is 4. The largest absolute Gasteiger partial charge is 0.344 e. The lowest BCUT2D eigenvalue weighted by Gasteiger charge is -2.24. The van der Waals surface area contributed by atoms with Gasteiger partial charge in [0.2, 0.25) is 0 Å². The van der Waals surface area contributed by atoms with Gasteiger partial charge in [-0.3, -0.25) is 0 Å². The van der Waals surface area contributed by atoms with Crippen molar-refractivity contribution in [3.8, 4) is 22.3 Å². The first kappa shape index (κ1) is 36.8. The highest BCUT2D eigenvalue weighted by atomic mass is 15.2. The Bertz CT molecular complexity index is 3190. The van der Waals surface area contributed by atoms with E-state index in [0.717, 1.165) is 56.2 Å². The van der Waals surface area contributed by atoms with Gasteiger partial charge in [-0.1, -0.05) is 218 Å². The Labute approximate surface area is 360 Å². The van der Waals surface area contributed by atoms with Gasteiger partial charge in [0.05, 0.1) is 0 Å². The Morgan fingerprint density at radius 1 is 0.274 bits per heavy atom. The smallest absolute Gasteiger partial charge is 0.159 e. The quantitative estimate of drug-likeness (QED) is 0.150. The summed E-state index contributed by atoms with van der Waals surface area (Å²) in [5, 5.41) is 12.0. The molecule has 2 aliphatic heterocycles. The Morgan fingerprint density at radius 2 is 0.581 bits per heavy atom. The third-order valence-corrected chi connectivity index (χ3v) is 11.6. The number of hydrogen-bond acceptors (Lipinski definition) is 6. The second-order valence-electron chi connectivity index (χ2n) is 15.5. The van der Waals surface area contributed by atoms with Gasteiger partial charge in [0.25, 0.3) is 0 Å². The molecule has 2 heterocycles. The van der Waals surface area contributed by atoms with Crippen LogP contribution >= 0.6 is 0 Å². The van der Waals surface area contributed by atoms with Crippen molar-refractivity contribution in [1.29, 1.82) is 0 Å². The average molecular weight is 797 g/mol. The van der Waals surface area contributed by atoms with E-state index in [-0.39, 0.29) is 12.3 Å². The predicted molar refractivity (Wildman–Crippen MR) is 256 cm³/mol. The number of rotatable bonds is 8. The number of hydrogen-bond donors (Lipinski definition) is 2. The van der Waals surface area contributed by atoms with Crippen molar-refractivity contribution in [3.63, 3.8) is 0 Å². The molecule has 0 saturated carbocycles. The highest BCUT2D eigenvalue weighted by molar-refractivity contribution is 6.22. The molecule has 6 heteroatoms. The van der Waals surface area contributed by atoms with Gasteiger partial charge in [0.1, 0.15) is 24.0 Å². The van der Waals surface area contributed by atoms with Crippen molar-refractivity contribution >= 4 is 44.9 Å². The summed E-state index contributed by atoms with van der Waals surface area (Å²) in [5.41, 5.74) is 10.7. The lowest BCUT2D eigenvalue weighted by Crippen LogP contribution is -2.33. The molecule has 0 aliphatic carbocycles. The van der Waals surface area contributed by atoms with Crippen LogP contribution in [0.15, 0.2) is 238 Å². The number of nitrogens with one attached hydrogen (secondary N) is 2. The zero-order valence-corrected chi connectivity index (χ0v) is 33.7. The zero-order valence-electron chi connectivity index (χ0n) is 33.7. The summed E-state index contributed by atoms with van der Waals surface area (Å²) >= 11 is 0. The Morgan fingerprint density at radius 3 is 1.02 bits per heavy atom. The maximum atomic E-state index is 5.14. The lowest BCUT2D eigenvalue weighted by molar-refractivity contribution is 0.674. The predicted octanol–water partition coefficient (Wildman–Crippen LogP) is 12.3. The summed E-state index contributed by atoms with van der Waals surface area (Å²) in [6.07, 6.45) is -0.540. The van der Waals surface area contributed by atoms with Crippen LogP contribution in [0.5, 0.6) is 0 Å². The molecule has 0 spiro atoms. The first-order valence-electron chi connectivity index (χ1n) is 21.0. The Hall–Kier alpha value is -8.22. The van der Waals surface area contributed by atoms with Crippen LogP contribution in [0.25, 0.3) is 43.8 Å². The number of benzene rings is 9. The van der Waals surface area contributed by atoms with E-state index in [1.54, 1.807) is 0 Å². The zero-order chi connectivity index (χ0) is 41.2. The van der Waals surface area contributed by atoms with Gasteiger partial charge in [-0.2, -0.15) is 0 Å². The van der Waals surface area contributed by atoms with Crippen LogP contribution in [-0.2, 0) is 0 Å². The third-order valence-electron chi connectivity index (χ3n) is 11.6. The van der Waals surface area contributed by atoms with Crippen LogP contribution in [0, 0.1) is 0 Å². The molecule has 6 nitrogen and oxygen atoms in total.